The summed E-state index contributed by atoms with van der Waals surface area (Å²) in [6, 6.07) is 8.81. The third-order valence-corrected chi connectivity index (χ3v) is 4.00. The van der Waals surface area contributed by atoms with Gasteiger partial charge in [-0.05, 0) is 35.4 Å². The van der Waals surface area contributed by atoms with Crippen molar-refractivity contribution in [2.45, 2.75) is 12.7 Å². The molecule has 0 radical (unpaired) electrons. The van der Waals surface area contributed by atoms with Crippen molar-refractivity contribution in [1.29, 1.82) is 0 Å². The highest BCUT2D eigenvalue weighted by atomic mass is 19.4. The standard InChI is InChI=1S/C18H12F3N5/c19-18(20,21)15-3-1-2-13(6-15)14-7-17-16(22-9-14)10-25-26(17)11-12-4-5-23-24-8-12/h1-10H,11H2. The van der Waals surface area contributed by atoms with E-state index in [2.05, 4.69) is 20.3 Å². The Morgan fingerprint density at radius 1 is 0.923 bits per heavy atom. The number of rotatable bonds is 3. The van der Waals surface area contributed by atoms with Crippen molar-refractivity contribution in [1.82, 2.24) is 25.0 Å². The number of pyridine rings is 1. The molecule has 3 heterocycles. The van der Waals surface area contributed by atoms with Crippen molar-refractivity contribution in [3.8, 4) is 11.1 Å². The van der Waals surface area contributed by atoms with Crippen LogP contribution in [0.5, 0.6) is 0 Å². The largest absolute Gasteiger partial charge is 0.416 e. The molecule has 130 valence electrons. The molecule has 0 N–H and O–H groups in total. The van der Waals surface area contributed by atoms with Crippen LogP contribution in [-0.4, -0.2) is 25.0 Å². The highest BCUT2D eigenvalue weighted by Gasteiger charge is 2.30. The van der Waals surface area contributed by atoms with E-state index in [1.807, 2.05) is 6.07 Å². The fourth-order valence-corrected chi connectivity index (χ4v) is 2.70. The van der Waals surface area contributed by atoms with E-state index in [9.17, 15) is 13.2 Å². The molecule has 0 fully saturated rings. The molecule has 0 saturated carbocycles. The second kappa shape index (κ2) is 6.21. The Morgan fingerprint density at radius 2 is 1.81 bits per heavy atom. The van der Waals surface area contributed by atoms with Gasteiger partial charge in [-0.3, -0.25) is 9.67 Å². The first-order chi connectivity index (χ1) is 12.5. The Labute approximate surface area is 146 Å². The average Bonchev–Trinajstić information content (AvgIpc) is 3.04. The molecule has 0 atom stereocenters. The van der Waals surface area contributed by atoms with Crippen molar-refractivity contribution >= 4 is 11.0 Å². The second-order valence-corrected chi connectivity index (χ2v) is 5.76. The Balaban J connectivity index is 1.75. The molecule has 0 saturated heterocycles. The third kappa shape index (κ3) is 3.13. The summed E-state index contributed by atoms with van der Waals surface area (Å²) < 4.78 is 40.6. The van der Waals surface area contributed by atoms with Gasteiger partial charge in [0.2, 0.25) is 0 Å². The summed E-state index contributed by atoms with van der Waals surface area (Å²) in [6.45, 7) is 0.465. The molecule has 4 aromatic rings. The van der Waals surface area contributed by atoms with Crippen LogP contribution in [0.15, 0.2) is 61.2 Å². The van der Waals surface area contributed by atoms with E-state index in [0.29, 0.717) is 23.2 Å². The van der Waals surface area contributed by atoms with Crippen LogP contribution >= 0.6 is 0 Å². The first-order valence-corrected chi connectivity index (χ1v) is 7.75. The van der Waals surface area contributed by atoms with Gasteiger partial charge in [0.1, 0.15) is 5.52 Å². The number of benzene rings is 1. The van der Waals surface area contributed by atoms with Gasteiger partial charge in [0.25, 0.3) is 0 Å². The van der Waals surface area contributed by atoms with Gasteiger partial charge in [-0.25, -0.2) is 0 Å². The Kier molecular flexibility index (Phi) is 3.87. The predicted octanol–water partition coefficient (Wildman–Crippen LogP) is 3.96. The lowest BCUT2D eigenvalue weighted by Gasteiger charge is -2.09. The molecular formula is C18H12F3N5. The summed E-state index contributed by atoms with van der Waals surface area (Å²) in [5.41, 5.74) is 2.67. The van der Waals surface area contributed by atoms with Crippen LogP contribution in [0, 0.1) is 0 Å². The minimum atomic E-state index is -4.39. The highest BCUT2D eigenvalue weighted by Crippen LogP contribution is 2.32. The molecule has 0 aliphatic carbocycles. The Bertz CT molecular complexity index is 1060. The molecule has 0 bridgehead atoms. The van der Waals surface area contributed by atoms with Crippen LogP contribution in [0.1, 0.15) is 11.1 Å². The van der Waals surface area contributed by atoms with Gasteiger partial charge in [0.05, 0.1) is 30.0 Å². The first kappa shape index (κ1) is 16.2. The number of halogens is 3. The monoisotopic (exact) mass is 355 g/mol. The summed E-state index contributed by atoms with van der Waals surface area (Å²) >= 11 is 0. The zero-order valence-corrected chi connectivity index (χ0v) is 13.4. The lowest BCUT2D eigenvalue weighted by molar-refractivity contribution is -0.137. The molecule has 5 nitrogen and oxygen atoms in total. The molecule has 8 heteroatoms. The van der Waals surface area contributed by atoms with Gasteiger partial charge in [0, 0.05) is 18.0 Å². The van der Waals surface area contributed by atoms with Crippen molar-refractivity contribution in [2.24, 2.45) is 0 Å². The number of hydrogen-bond donors (Lipinski definition) is 0. The van der Waals surface area contributed by atoms with Gasteiger partial charge < -0.3 is 0 Å². The van der Waals surface area contributed by atoms with Crippen LogP contribution in [0.2, 0.25) is 0 Å². The Morgan fingerprint density at radius 3 is 2.58 bits per heavy atom. The minimum absolute atomic E-state index is 0.451. The SMILES string of the molecule is FC(F)(F)c1cccc(-c2cnc3cnn(Cc4ccnnc4)c3c2)c1. The lowest BCUT2D eigenvalue weighted by Crippen LogP contribution is -2.04. The Hall–Kier alpha value is -3.29. The predicted molar refractivity (Wildman–Crippen MR) is 89.1 cm³/mol. The number of nitrogens with zero attached hydrogens (tertiary/aromatic N) is 5. The molecule has 4 rings (SSSR count). The lowest BCUT2D eigenvalue weighted by atomic mass is 10.0. The fraction of sp³-hybridized carbons (Fsp3) is 0.111. The summed E-state index contributed by atoms with van der Waals surface area (Å²) in [7, 11) is 0. The summed E-state index contributed by atoms with van der Waals surface area (Å²) in [5, 5.41) is 11.9. The van der Waals surface area contributed by atoms with Crippen LogP contribution < -0.4 is 0 Å². The van der Waals surface area contributed by atoms with E-state index in [1.54, 1.807) is 41.6 Å². The van der Waals surface area contributed by atoms with Crippen LogP contribution in [0.25, 0.3) is 22.2 Å². The maximum Gasteiger partial charge on any atom is 0.416 e. The molecule has 0 aliphatic rings. The van der Waals surface area contributed by atoms with E-state index in [-0.39, 0.29) is 0 Å². The highest BCUT2D eigenvalue weighted by molar-refractivity contribution is 5.80. The van der Waals surface area contributed by atoms with Crippen molar-refractivity contribution < 1.29 is 13.2 Å². The van der Waals surface area contributed by atoms with E-state index in [0.717, 1.165) is 23.2 Å². The smallest absolute Gasteiger partial charge is 0.259 e. The summed E-state index contributed by atoms with van der Waals surface area (Å²) in [6.07, 6.45) is 2.02. The molecular weight excluding hydrogens is 343 g/mol. The fourth-order valence-electron chi connectivity index (χ4n) is 2.70. The quantitative estimate of drug-likeness (QED) is 0.558. The molecule has 26 heavy (non-hydrogen) atoms. The van der Waals surface area contributed by atoms with E-state index >= 15 is 0 Å². The molecule has 0 aliphatic heterocycles. The third-order valence-electron chi connectivity index (χ3n) is 4.00. The summed E-state index contributed by atoms with van der Waals surface area (Å²) in [5.74, 6) is 0. The van der Waals surface area contributed by atoms with Crippen LogP contribution in [-0.2, 0) is 12.7 Å². The van der Waals surface area contributed by atoms with Gasteiger partial charge in [-0.2, -0.15) is 28.5 Å². The molecule has 0 spiro atoms. The maximum absolute atomic E-state index is 13.0. The molecule has 0 amide bonds. The zero-order valence-electron chi connectivity index (χ0n) is 13.4. The van der Waals surface area contributed by atoms with E-state index < -0.39 is 11.7 Å². The van der Waals surface area contributed by atoms with Gasteiger partial charge in [-0.1, -0.05) is 12.1 Å². The van der Waals surface area contributed by atoms with Gasteiger partial charge >= 0.3 is 6.18 Å². The number of hydrogen-bond acceptors (Lipinski definition) is 4. The average molecular weight is 355 g/mol. The minimum Gasteiger partial charge on any atom is -0.259 e. The van der Waals surface area contributed by atoms with Crippen molar-refractivity contribution in [3.05, 3.63) is 72.3 Å². The van der Waals surface area contributed by atoms with Gasteiger partial charge in [-0.15, -0.1) is 0 Å². The van der Waals surface area contributed by atoms with E-state index in [1.165, 1.54) is 6.07 Å². The molecule has 0 unspecified atom stereocenters. The maximum atomic E-state index is 13.0. The zero-order chi connectivity index (χ0) is 18.1. The number of alkyl halides is 3. The molecule has 1 aromatic carbocycles. The first-order valence-electron chi connectivity index (χ1n) is 7.75. The van der Waals surface area contributed by atoms with E-state index in [4.69, 9.17) is 0 Å². The number of aromatic nitrogens is 5. The second-order valence-electron chi connectivity index (χ2n) is 5.76. The van der Waals surface area contributed by atoms with Gasteiger partial charge in [0.15, 0.2) is 0 Å². The summed E-state index contributed by atoms with van der Waals surface area (Å²) in [4.78, 5) is 4.32. The van der Waals surface area contributed by atoms with Crippen LogP contribution in [0.3, 0.4) is 0 Å². The number of fused-ring (bicyclic) bond motifs is 1. The topological polar surface area (TPSA) is 56.5 Å². The van der Waals surface area contributed by atoms with Crippen LogP contribution in [0.4, 0.5) is 13.2 Å². The van der Waals surface area contributed by atoms with Crippen molar-refractivity contribution in [3.63, 3.8) is 0 Å². The normalized spacial score (nSPS) is 11.8. The molecule has 3 aromatic heterocycles. The van der Waals surface area contributed by atoms with Crippen molar-refractivity contribution in [2.75, 3.05) is 0 Å².